The van der Waals surface area contributed by atoms with E-state index in [9.17, 15) is 34.2 Å². The van der Waals surface area contributed by atoms with Gasteiger partial charge in [0.05, 0.1) is 17.3 Å². The van der Waals surface area contributed by atoms with Crippen molar-refractivity contribution in [1.29, 1.82) is 0 Å². The molecule has 3 rings (SSSR count). The predicted molar refractivity (Wildman–Crippen MR) is 170 cm³/mol. The molecule has 0 aromatic heterocycles. The Bertz CT molecular complexity index is 1360. The SMILES string of the molecule is CC1(C)SSC(C)(C)[C@@H](NC(=O)[C@@H](N)Cc2ccc(O)cc2)C(=O)NCC(=O)N[C@@H](Cc2ccccc2)C(=O)NC1C(=O)O. The average molecular weight is 646 g/mol. The largest absolute Gasteiger partial charge is 0.508 e. The van der Waals surface area contributed by atoms with Crippen LogP contribution in [0.4, 0.5) is 0 Å². The molecule has 2 aromatic carbocycles. The summed E-state index contributed by atoms with van der Waals surface area (Å²) in [5.41, 5.74) is 7.61. The molecule has 2 aromatic rings. The first kappa shape index (κ1) is 34.7. The van der Waals surface area contributed by atoms with Crippen molar-refractivity contribution in [3.63, 3.8) is 0 Å². The number of carboxylic acid groups (broad SMARTS) is 1. The van der Waals surface area contributed by atoms with Crippen molar-refractivity contribution in [3.8, 4) is 5.75 Å². The highest BCUT2D eigenvalue weighted by Gasteiger charge is 2.44. The molecule has 0 spiro atoms. The number of benzene rings is 2. The van der Waals surface area contributed by atoms with Crippen LogP contribution >= 0.6 is 21.6 Å². The molecule has 1 saturated heterocycles. The number of hydrogen-bond acceptors (Lipinski definition) is 9. The third-order valence-corrected chi connectivity index (χ3v) is 11.3. The van der Waals surface area contributed by atoms with Crippen molar-refractivity contribution >= 4 is 51.2 Å². The first-order valence-electron chi connectivity index (χ1n) is 13.9. The molecule has 1 unspecified atom stereocenters. The van der Waals surface area contributed by atoms with Crippen molar-refractivity contribution in [2.24, 2.45) is 5.73 Å². The zero-order valence-electron chi connectivity index (χ0n) is 25.0. The van der Waals surface area contributed by atoms with E-state index in [2.05, 4.69) is 21.3 Å². The van der Waals surface area contributed by atoms with E-state index in [4.69, 9.17) is 5.73 Å². The molecule has 0 radical (unpaired) electrons. The average Bonchev–Trinajstić information content (AvgIpc) is 2.96. The quantitative estimate of drug-likeness (QED) is 0.214. The van der Waals surface area contributed by atoms with Crippen molar-refractivity contribution in [2.75, 3.05) is 6.54 Å². The molecule has 44 heavy (non-hydrogen) atoms. The Morgan fingerprint density at radius 2 is 1.55 bits per heavy atom. The second-order valence-corrected chi connectivity index (χ2v) is 15.0. The Morgan fingerprint density at radius 1 is 0.932 bits per heavy atom. The van der Waals surface area contributed by atoms with Gasteiger partial charge in [0.15, 0.2) is 0 Å². The Kier molecular flexibility index (Phi) is 11.7. The molecule has 4 amide bonds. The molecule has 0 bridgehead atoms. The van der Waals surface area contributed by atoms with Gasteiger partial charge in [0.1, 0.15) is 23.9 Å². The number of aromatic hydroxyl groups is 1. The van der Waals surface area contributed by atoms with Crippen LogP contribution in [0.3, 0.4) is 0 Å². The second-order valence-electron chi connectivity index (χ2n) is 11.6. The number of phenolic OH excluding ortho intramolecular Hbond substituents is 1. The van der Waals surface area contributed by atoms with Gasteiger partial charge in [0.2, 0.25) is 23.6 Å². The number of amides is 4. The first-order valence-corrected chi connectivity index (χ1v) is 16.1. The Labute approximate surface area is 264 Å². The molecule has 238 valence electrons. The fourth-order valence-corrected chi connectivity index (χ4v) is 7.26. The van der Waals surface area contributed by atoms with E-state index in [1.807, 2.05) is 0 Å². The van der Waals surface area contributed by atoms with Crippen LogP contribution in [0.15, 0.2) is 54.6 Å². The molecule has 4 atom stereocenters. The molecular weight excluding hydrogens is 606 g/mol. The van der Waals surface area contributed by atoms with Crippen LogP contribution < -0.4 is 27.0 Å². The lowest BCUT2D eigenvalue weighted by Crippen LogP contribution is -2.61. The molecule has 0 aliphatic carbocycles. The molecule has 1 aliphatic heterocycles. The topological polar surface area (TPSA) is 200 Å². The van der Waals surface area contributed by atoms with E-state index >= 15 is 0 Å². The molecule has 12 nitrogen and oxygen atoms in total. The summed E-state index contributed by atoms with van der Waals surface area (Å²) in [4.78, 5) is 65.4. The van der Waals surface area contributed by atoms with Crippen LogP contribution in [0, 0.1) is 0 Å². The number of phenols is 1. The lowest BCUT2D eigenvalue weighted by Gasteiger charge is -2.38. The third kappa shape index (κ3) is 9.63. The van der Waals surface area contributed by atoms with Crippen molar-refractivity contribution in [1.82, 2.24) is 21.3 Å². The summed E-state index contributed by atoms with van der Waals surface area (Å²) in [5, 5.41) is 30.1. The van der Waals surface area contributed by atoms with Gasteiger partial charge in [-0.1, -0.05) is 64.1 Å². The van der Waals surface area contributed by atoms with Gasteiger partial charge >= 0.3 is 5.97 Å². The van der Waals surface area contributed by atoms with Crippen LogP contribution in [0.5, 0.6) is 5.75 Å². The van der Waals surface area contributed by atoms with Gasteiger partial charge in [-0.15, -0.1) is 0 Å². The maximum atomic E-state index is 13.5. The number of rotatable bonds is 7. The predicted octanol–water partition coefficient (Wildman–Crippen LogP) is 1.11. The lowest BCUT2D eigenvalue weighted by atomic mass is 10.00. The van der Waals surface area contributed by atoms with Gasteiger partial charge in [-0.05, 0) is 57.4 Å². The van der Waals surface area contributed by atoms with Crippen molar-refractivity contribution in [2.45, 2.75) is 74.2 Å². The Balaban J connectivity index is 1.88. The van der Waals surface area contributed by atoms with Gasteiger partial charge in [-0.3, -0.25) is 19.2 Å². The summed E-state index contributed by atoms with van der Waals surface area (Å²) >= 11 is 0. The minimum atomic E-state index is -1.36. The van der Waals surface area contributed by atoms with Gasteiger partial charge < -0.3 is 37.2 Å². The third-order valence-electron chi connectivity index (χ3n) is 7.03. The number of carbonyl (C=O) groups excluding carboxylic acids is 4. The van der Waals surface area contributed by atoms with Gasteiger partial charge in [0, 0.05) is 11.2 Å². The summed E-state index contributed by atoms with van der Waals surface area (Å²) < 4.78 is -2.14. The van der Waals surface area contributed by atoms with Gasteiger partial charge in [-0.2, -0.15) is 0 Å². The number of nitrogens with two attached hydrogens (primary N) is 1. The Hall–Kier alpha value is -3.75. The first-order chi connectivity index (χ1) is 20.6. The summed E-state index contributed by atoms with van der Waals surface area (Å²) in [7, 11) is 2.32. The van der Waals surface area contributed by atoms with Crippen LogP contribution in [-0.4, -0.2) is 80.0 Å². The van der Waals surface area contributed by atoms with E-state index in [0.29, 0.717) is 5.56 Å². The fraction of sp³-hybridized carbons (Fsp3) is 0.433. The van der Waals surface area contributed by atoms with Crippen LogP contribution in [0.2, 0.25) is 0 Å². The second kappa shape index (κ2) is 14.8. The molecule has 1 fully saturated rings. The van der Waals surface area contributed by atoms with E-state index in [1.165, 1.54) is 22.9 Å². The van der Waals surface area contributed by atoms with Gasteiger partial charge in [-0.25, -0.2) is 4.79 Å². The summed E-state index contributed by atoms with van der Waals surface area (Å²) in [6.07, 6.45) is 0.229. The monoisotopic (exact) mass is 645 g/mol. The smallest absolute Gasteiger partial charge is 0.327 e. The molecule has 1 heterocycles. The number of carbonyl (C=O) groups is 5. The molecule has 14 heteroatoms. The number of carboxylic acids is 1. The van der Waals surface area contributed by atoms with Crippen LogP contribution in [0.1, 0.15) is 38.8 Å². The van der Waals surface area contributed by atoms with E-state index < -0.39 is 69.8 Å². The zero-order chi connectivity index (χ0) is 32.7. The minimum absolute atomic E-state index is 0.0718. The molecular formula is C30H39N5O7S2. The van der Waals surface area contributed by atoms with Crippen molar-refractivity contribution in [3.05, 3.63) is 65.7 Å². The van der Waals surface area contributed by atoms with Crippen LogP contribution in [-0.2, 0) is 36.8 Å². The highest BCUT2D eigenvalue weighted by Crippen LogP contribution is 2.46. The van der Waals surface area contributed by atoms with Crippen LogP contribution in [0.25, 0.3) is 0 Å². The van der Waals surface area contributed by atoms with Crippen molar-refractivity contribution < 1.29 is 34.2 Å². The highest BCUT2D eigenvalue weighted by atomic mass is 33.1. The lowest BCUT2D eigenvalue weighted by molar-refractivity contribution is -0.143. The van der Waals surface area contributed by atoms with E-state index in [0.717, 1.165) is 16.4 Å². The highest BCUT2D eigenvalue weighted by molar-refractivity contribution is 8.77. The molecule has 8 N–H and O–H groups in total. The molecule has 1 aliphatic rings. The normalized spacial score (nSPS) is 23.2. The Morgan fingerprint density at radius 3 is 2.16 bits per heavy atom. The number of aliphatic carboxylic acids is 1. The summed E-state index contributed by atoms with van der Waals surface area (Å²) in [6.45, 7) is 6.21. The maximum absolute atomic E-state index is 13.5. The van der Waals surface area contributed by atoms with E-state index in [-0.39, 0.29) is 18.6 Å². The summed E-state index contributed by atoms with van der Waals surface area (Å²) in [5.74, 6) is -3.82. The maximum Gasteiger partial charge on any atom is 0.327 e. The molecule has 0 saturated carbocycles. The summed E-state index contributed by atoms with van der Waals surface area (Å²) in [6, 6.07) is 10.5. The fourth-order valence-electron chi connectivity index (χ4n) is 4.44. The number of hydrogen-bond donors (Lipinski definition) is 7. The standard InChI is InChI=1S/C30H39N5O7S2/c1-29(2)23(34-25(38)20(31)14-18-10-12-19(36)13-11-18)27(40)32-16-22(37)33-21(15-17-8-6-5-7-9-17)26(39)35-24(28(41)42)30(3,4)44-43-29/h5-13,20-21,23-24,36H,14-16,31H2,1-4H3,(H,32,40)(H,33,37)(H,34,38)(H,35,39)(H,41,42)/t20-,21-,23-,24?/m0/s1. The minimum Gasteiger partial charge on any atom is -0.508 e. The number of nitrogens with one attached hydrogen (secondary N) is 4. The van der Waals surface area contributed by atoms with Gasteiger partial charge in [0.25, 0.3) is 0 Å². The zero-order valence-corrected chi connectivity index (χ0v) is 26.6. The van der Waals surface area contributed by atoms with E-state index in [1.54, 1.807) is 70.2 Å².